The van der Waals surface area contributed by atoms with Gasteiger partial charge in [0.05, 0.1) is 12.2 Å². The molecule has 0 saturated carbocycles. The van der Waals surface area contributed by atoms with Crippen molar-refractivity contribution in [1.29, 1.82) is 0 Å². The maximum absolute atomic E-state index is 12.3. The van der Waals surface area contributed by atoms with E-state index >= 15 is 0 Å². The molecule has 1 aliphatic heterocycles. The quantitative estimate of drug-likeness (QED) is 0.835. The lowest BCUT2D eigenvalue weighted by Crippen LogP contribution is -2.40. The van der Waals surface area contributed by atoms with E-state index < -0.39 is 12.1 Å². The average molecular weight is 279 g/mol. The summed E-state index contributed by atoms with van der Waals surface area (Å²) >= 11 is 0. The first-order valence-electron chi connectivity index (χ1n) is 6.50. The van der Waals surface area contributed by atoms with Gasteiger partial charge in [0, 0.05) is 18.8 Å². The van der Waals surface area contributed by atoms with Gasteiger partial charge in [-0.25, -0.2) is 4.79 Å². The number of nitrogens with zero attached hydrogens (tertiary/aromatic N) is 1. The summed E-state index contributed by atoms with van der Waals surface area (Å²) in [6.07, 6.45) is 1.05. The Hall–Kier alpha value is -1.92. The summed E-state index contributed by atoms with van der Waals surface area (Å²) in [5.41, 5.74) is 0.715. The Bertz CT molecular complexity index is 479. The molecule has 2 rings (SSSR count). The van der Waals surface area contributed by atoms with Crippen molar-refractivity contribution >= 4 is 17.6 Å². The minimum Gasteiger partial charge on any atom is -0.478 e. The van der Waals surface area contributed by atoms with Crippen LogP contribution in [0.1, 0.15) is 23.2 Å². The van der Waals surface area contributed by atoms with Crippen LogP contribution >= 0.6 is 0 Å². The summed E-state index contributed by atoms with van der Waals surface area (Å²) in [5, 5.41) is 18.0. The third-order valence-electron chi connectivity index (χ3n) is 3.22. The first-order valence-corrected chi connectivity index (χ1v) is 6.50. The zero-order valence-electron chi connectivity index (χ0n) is 11.0. The fourth-order valence-electron chi connectivity index (χ4n) is 2.20. The molecule has 2 N–H and O–H groups in total. The van der Waals surface area contributed by atoms with E-state index in [1.165, 1.54) is 17.0 Å². The third kappa shape index (κ3) is 3.15. The lowest BCUT2D eigenvalue weighted by Gasteiger charge is -2.24. The van der Waals surface area contributed by atoms with Gasteiger partial charge in [-0.1, -0.05) is 0 Å². The topological polar surface area (TPSA) is 87.1 Å². The Morgan fingerprint density at radius 2 is 2.00 bits per heavy atom. The van der Waals surface area contributed by atoms with E-state index in [2.05, 4.69) is 0 Å². The lowest BCUT2D eigenvalue weighted by atomic mass is 10.1. The molecule has 1 aromatic carbocycles. The predicted octanol–water partition coefficient (Wildman–Crippen LogP) is 0.889. The Kier molecular flexibility index (Phi) is 4.70. The van der Waals surface area contributed by atoms with Crippen LogP contribution in [0.4, 0.5) is 5.69 Å². The van der Waals surface area contributed by atoms with Crippen molar-refractivity contribution in [2.75, 3.05) is 24.7 Å². The van der Waals surface area contributed by atoms with Gasteiger partial charge < -0.3 is 19.8 Å². The third-order valence-corrected chi connectivity index (χ3v) is 3.22. The molecule has 0 aliphatic carbocycles. The van der Waals surface area contributed by atoms with Crippen molar-refractivity contribution < 1.29 is 24.5 Å². The Morgan fingerprint density at radius 1 is 1.30 bits per heavy atom. The molecule has 1 amide bonds. The van der Waals surface area contributed by atoms with Gasteiger partial charge in [0.25, 0.3) is 5.91 Å². The number of ether oxygens (including phenoxy) is 1. The van der Waals surface area contributed by atoms with Crippen molar-refractivity contribution in [3.8, 4) is 0 Å². The number of benzene rings is 1. The van der Waals surface area contributed by atoms with Crippen molar-refractivity contribution in [2.24, 2.45) is 0 Å². The van der Waals surface area contributed by atoms with Crippen molar-refractivity contribution in [2.45, 2.75) is 18.9 Å². The number of carboxylic acid groups (broad SMARTS) is 1. The number of aliphatic hydroxyl groups is 1. The van der Waals surface area contributed by atoms with Crippen LogP contribution in [0.25, 0.3) is 0 Å². The fraction of sp³-hybridized carbons (Fsp3) is 0.429. The Balaban J connectivity index is 2.18. The van der Waals surface area contributed by atoms with Gasteiger partial charge in [-0.15, -0.1) is 0 Å². The molecule has 0 unspecified atom stereocenters. The van der Waals surface area contributed by atoms with Crippen LogP contribution in [0.15, 0.2) is 24.3 Å². The second-order valence-corrected chi connectivity index (χ2v) is 4.57. The molecular weight excluding hydrogens is 262 g/mol. The molecule has 0 spiro atoms. The molecule has 6 heteroatoms. The Morgan fingerprint density at radius 3 is 2.50 bits per heavy atom. The van der Waals surface area contributed by atoms with Gasteiger partial charge in [-0.05, 0) is 37.1 Å². The van der Waals surface area contributed by atoms with Crippen LogP contribution in [0.3, 0.4) is 0 Å². The molecule has 1 fully saturated rings. The fourth-order valence-corrected chi connectivity index (χ4v) is 2.20. The monoisotopic (exact) mass is 279 g/mol. The zero-order chi connectivity index (χ0) is 14.5. The number of carboxylic acids is 1. The first kappa shape index (κ1) is 14.5. The molecule has 1 heterocycles. The minimum absolute atomic E-state index is 0.155. The first-order chi connectivity index (χ1) is 9.63. The highest BCUT2D eigenvalue weighted by atomic mass is 16.5. The van der Waals surface area contributed by atoms with Crippen LogP contribution in [0.2, 0.25) is 0 Å². The van der Waals surface area contributed by atoms with Gasteiger partial charge in [-0.2, -0.15) is 0 Å². The number of aliphatic hydroxyl groups excluding tert-OH is 1. The SMILES string of the molecule is O=C(O)c1ccc(N(CCO)C(=O)[C@H]2CCCO2)cc1. The zero-order valence-corrected chi connectivity index (χ0v) is 11.0. The molecule has 6 nitrogen and oxygen atoms in total. The van der Waals surface area contributed by atoms with Gasteiger partial charge in [0.1, 0.15) is 6.10 Å². The van der Waals surface area contributed by atoms with Crippen molar-refractivity contribution in [3.63, 3.8) is 0 Å². The van der Waals surface area contributed by atoms with Crippen LogP contribution in [-0.2, 0) is 9.53 Å². The molecule has 1 atom stereocenters. The summed E-state index contributed by atoms with van der Waals surface area (Å²) < 4.78 is 5.36. The van der Waals surface area contributed by atoms with E-state index in [1.807, 2.05) is 0 Å². The largest absolute Gasteiger partial charge is 0.478 e. The number of carbonyl (C=O) groups is 2. The maximum atomic E-state index is 12.3. The number of anilines is 1. The Labute approximate surface area is 116 Å². The second kappa shape index (κ2) is 6.49. The van der Waals surface area contributed by atoms with Crippen molar-refractivity contribution in [1.82, 2.24) is 0 Å². The molecule has 20 heavy (non-hydrogen) atoms. The van der Waals surface area contributed by atoms with Gasteiger partial charge in [-0.3, -0.25) is 4.79 Å². The van der Waals surface area contributed by atoms with Crippen LogP contribution in [0, 0.1) is 0 Å². The molecule has 1 aromatic rings. The summed E-state index contributed by atoms with van der Waals surface area (Å²) in [7, 11) is 0. The highest BCUT2D eigenvalue weighted by molar-refractivity contribution is 5.97. The van der Waals surface area contributed by atoms with E-state index in [0.29, 0.717) is 18.7 Å². The van der Waals surface area contributed by atoms with E-state index in [0.717, 1.165) is 6.42 Å². The van der Waals surface area contributed by atoms with Gasteiger partial charge >= 0.3 is 5.97 Å². The average Bonchev–Trinajstić information content (AvgIpc) is 2.98. The van der Waals surface area contributed by atoms with E-state index in [-0.39, 0.29) is 24.6 Å². The number of rotatable bonds is 5. The van der Waals surface area contributed by atoms with Crippen LogP contribution in [0.5, 0.6) is 0 Å². The normalized spacial score (nSPS) is 17.9. The highest BCUT2D eigenvalue weighted by Gasteiger charge is 2.28. The number of hydrogen-bond donors (Lipinski definition) is 2. The van der Waals surface area contributed by atoms with Crippen LogP contribution < -0.4 is 4.90 Å². The predicted molar refractivity (Wildman–Crippen MR) is 71.8 cm³/mol. The van der Waals surface area contributed by atoms with Crippen LogP contribution in [-0.4, -0.2) is 48.0 Å². The summed E-state index contributed by atoms with van der Waals surface area (Å²) in [6, 6.07) is 5.99. The molecule has 0 aromatic heterocycles. The number of aromatic carboxylic acids is 1. The standard InChI is InChI=1S/C14H17NO5/c16-8-7-15(13(17)12-2-1-9-20-12)11-5-3-10(4-6-11)14(18)19/h3-6,12,16H,1-2,7-9H2,(H,18,19)/t12-/m1/s1. The maximum Gasteiger partial charge on any atom is 0.335 e. The molecular formula is C14H17NO5. The van der Waals surface area contributed by atoms with Crippen molar-refractivity contribution in [3.05, 3.63) is 29.8 Å². The lowest BCUT2D eigenvalue weighted by molar-refractivity contribution is -0.127. The smallest absolute Gasteiger partial charge is 0.335 e. The van der Waals surface area contributed by atoms with E-state index in [9.17, 15) is 9.59 Å². The summed E-state index contributed by atoms with van der Waals surface area (Å²) in [5.74, 6) is -1.21. The molecule has 0 bridgehead atoms. The molecule has 108 valence electrons. The molecule has 1 aliphatic rings. The second-order valence-electron chi connectivity index (χ2n) is 4.57. The highest BCUT2D eigenvalue weighted by Crippen LogP contribution is 2.21. The van der Waals surface area contributed by atoms with E-state index in [1.54, 1.807) is 12.1 Å². The number of hydrogen-bond acceptors (Lipinski definition) is 4. The van der Waals surface area contributed by atoms with Gasteiger partial charge in [0.15, 0.2) is 0 Å². The number of amides is 1. The van der Waals surface area contributed by atoms with Gasteiger partial charge in [0.2, 0.25) is 0 Å². The van der Waals surface area contributed by atoms with E-state index in [4.69, 9.17) is 14.9 Å². The number of carbonyl (C=O) groups excluding carboxylic acids is 1. The molecule has 1 saturated heterocycles. The molecule has 0 radical (unpaired) electrons. The summed E-state index contributed by atoms with van der Waals surface area (Å²) in [4.78, 5) is 24.6. The summed E-state index contributed by atoms with van der Waals surface area (Å²) in [6.45, 7) is 0.561. The minimum atomic E-state index is -1.02.